The normalized spacial score (nSPS) is 19.1. The van der Waals surface area contributed by atoms with Crippen molar-refractivity contribution in [1.82, 2.24) is 5.32 Å². The van der Waals surface area contributed by atoms with E-state index in [1.54, 1.807) is 0 Å². The van der Waals surface area contributed by atoms with Gasteiger partial charge < -0.3 is 5.32 Å². The number of nitrogens with one attached hydrogen (secondary N) is 1. The Kier molecular flexibility index (Phi) is 5.45. The van der Waals surface area contributed by atoms with Crippen LogP contribution >= 0.6 is 0 Å². The lowest BCUT2D eigenvalue weighted by atomic mass is 9.85. The molecule has 1 aromatic rings. The van der Waals surface area contributed by atoms with Gasteiger partial charge in [0.2, 0.25) is 0 Å². The van der Waals surface area contributed by atoms with Crippen molar-refractivity contribution >= 4 is 0 Å². The van der Waals surface area contributed by atoms with Gasteiger partial charge in [-0.2, -0.15) is 0 Å². The Balaban J connectivity index is 2.24. The molecule has 0 heterocycles. The Hall–Kier alpha value is -0.820. The predicted molar refractivity (Wildman–Crippen MR) is 83.5 cm³/mol. The standard InChI is InChI=1S/C18H29N/c1-4-19-18(16-9-7-5-6-8-10-16)17-13-14(2)11-12-15(17)3/h11-13,16,18-19H,4-10H2,1-3H3. The Morgan fingerprint density at radius 1 is 1.11 bits per heavy atom. The fourth-order valence-electron chi connectivity index (χ4n) is 3.49. The number of aryl methyl sites for hydroxylation is 2. The van der Waals surface area contributed by atoms with E-state index in [2.05, 4.69) is 44.3 Å². The number of hydrogen-bond acceptors (Lipinski definition) is 1. The van der Waals surface area contributed by atoms with Crippen LogP contribution < -0.4 is 5.32 Å². The topological polar surface area (TPSA) is 12.0 Å². The lowest BCUT2D eigenvalue weighted by Gasteiger charge is -2.29. The van der Waals surface area contributed by atoms with E-state index in [0.717, 1.165) is 12.5 Å². The molecule has 1 aliphatic carbocycles. The van der Waals surface area contributed by atoms with E-state index in [0.29, 0.717) is 6.04 Å². The average molecular weight is 259 g/mol. The maximum atomic E-state index is 3.76. The fourth-order valence-corrected chi connectivity index (χ4v) is 3.49. The van der Waals surface area contributed by atoms with Gasteiger partial charge in [0.05, 0.1) is 0 Å². The molecule has 106 valence electrons. The molecular formula is C18H29N. The van der Waals surface area contributed by atoms with Crippen LogP contribution in [0.25, 0.3) is 0 Å². The molecule has 0 spiro atoms. The molecule has 1 atom stereocenters. The van der Waals surface area contributed by atoms with Crippen LogP contribution in [-0.4, -0.2) is 6.54 Å². The van der Waals surface area contributed by atoms with Crippen molar-refractivity contribution in [2.24, 2.45) is 5.92 Å². The molecule has 1 fully saturated rings. The maximum Gasteiger partial charge on any atom is 0.0351 e. The summed E-state index contributed by atoms with van der Waals surface area (Å²) in [6.07, 6.45) is 8.48. The summed E-state index contributed by atoms with van der Waals surface area (Å²) in [6.45, 7) is 7.76. The van der Waals surface area contributed by atoms with E-state index in [1.807, 2.05) is 0 Å². The number of benzene rings is 1. The number of hydrogen-bond donors (Lipinski definition) is 1. The summed E-state index contributed by atoms with van der Waals surface area (Å²) < 4.78 is 0. The summed E-state index contributed by atoms with van der Waals surface area (Å²) in [5.74, 6) is 0.822. The van der Waals surface area contributed by atoms with Crippen molar-refractivity contribution in [3.05, 3.63) is 34.9 Å². The first-order chi connectivity index (χ1) is 9.22. The maximum absolute atomic E-state index is 3.76. The Labute approximate surface area is 118 Å². The van der Waals surface area contributed by atoms with Gasteiger partial charge in [-0.15, -0.1) is 0 Å². The van der Waals surface area contributed by atoms with Gasteiger partial charge in [-0.3, -0.25) is 0 Å². The first kappa shape index (κ1) is 14.6. The first-order valence-electron chi connectivity index (χ1n) is 8.03. The van der Waals surface area contributed by atoms with E-state index in [1.165, 1.54) is 55.2 Å². The van der Waals surface area contributed by atoms with E-state index >= 15 is 0 Å². The minimum absolute atomic E-state index is 0.558. The summed E-state index contributed by atoms with van der Waals surface area (Å²) in [6, 6.07) is 7.47. The molecule has 1 unspecified atom stereocenters. The van der Waals surface area contributed by atoms with Crippen LogP contribution in [0.2, 0.25) is 0 Å². The minimum Gasteiger partial charge on any atom is -0.310 e. The molecule has 1 aliphatic rings. The predicted octanol–water partition coefficient (Wildman–Crippen LogP) is 4.92. The van der Waals surface area contributed by atoms with E-state index in [4.69, 9.17) is 0 Å². The highest BCUT2D eigenvalue weighted by Gasteiger charge is 2.24. The van der Waals surface area contributed by atoms with Gasteiger partial charge >= 0.3 is 0 Å². The van der Waals surface area contributed by atoms with Gasteiger partial charge in [-0.25, -0.2) is 0 Å². The summed E-state index contributed by atoms with van der Waals surface area (Å²) in [4.78, 5) is 0. The van der Waals surface area contributed by atoms with Crippen LogP contribution in [0.4, 0.5) is 0 Å². The summed E-state index contributed by atoms with van der Waals surface area (Å²) in [5.41, 5.74) is 4.37. The average Bonchev–Trinajstić information content (AvgIpc) is 2.68. The molecule has 1 aromatic carbocycles. The van der Waals surface area contributed by atoms with Gasteiger partial charge in [-0.1, -0.05) is 56.4 Å². The van der Waals surface area contributed by atoms with Crippen LogP contribution in [-0.2, 0) is 0 Å². The molecule has 0 bridgehead atoms. The first-order valence-corrected chi connectivity index (χ1v) is 8.03. The largest absolute Gasteiger partial charge is 0.310 e. The Morgan fingerprint density at radius 2 is 1.79 bits per heavy atom. The van der Waals surface area contributed by atoms with E-state index in [9.17, 15) is 0 Å². The Morgan fingerprint density at radius 3 is 2.42 bits per heavy atom. The molecule has 1 saturated carbocycles. The van der Waals surface area contributed by atoms with Gasteiger partial charge in [0.1, 0.15) is 0 Å². The van der Waals surface area contributed by atoms with Crippen molar-refractivity contribution in [2.45, 2.75) is 65.3 Å². The van der Waals surface area contributed by atoms with Gasteiger partial charge in [0.25, 0.3) is 0 Å². The summed E-state index contributed by atoms with van der Waals surface area (Å²) in [7, 11) is 0. The van der Waals surface area contributed by atoms with Crippen molar-refractivity contribution in [3.63, 3.8) is 0 Å². The third-order valence-electron chi connectivity index (χ3n) is 4.57. The van der Waals surface area contributed by atoms with E-state index < -0.39 is 0 Å². The second kappa shape index (κ2) is 7.09. The van der Waals surface area contributed by atoms with Crippen molar-refractivity contribution in [1.29, 1.82) is 0 Å². The molecule has 0 amide bonds. The fraction of sp³-hybridized carbons (Fsp3) is 0.667. The quantitative estimate of drug-likeness (QED) is 0.756. The second-order valence-corrected chi connectivity index (χ2v) is 6.15. The van der Waals surface area contributed by atoms with Crippen molar-refractivity contribution in [2.75, 3.05) is 6.54 Å². The highest BCUT2D eigenvalue weighted by atomic mass is 14.9. The van der Waals surface area contributed by atoms with Gasteiger partial charge in [0, 0.05) is 6.04 Å². The van der Waals surface area contributed by atoms with Gasteiger partial charge in [0.15, 0.2) is 0 Å². The zero-order chi connectivity index (χ0) is 13.7. The van der Waals surface area contributed by atoms with Crippen LogP contribution in [0, 0.1) is 19.8 Å². The molecule has 1 N–H and O–H groups in total. The molecule has 2 rings (SSSR count). The molecule has 1 heteroatoms. The van der Waals surface area contributed by atoms with Crippen LogP contribution in [0.1, 0.15) is 68.2 Å². The zero-order valence-electron chi connectivity index (χ0n) is 12.8. The van der Waals surface area contributed by atoms with Crippen LogP contribution in [0.15, 0.2) is 18.2 Å². The molecule has 1 nitrogen and oxygen atoms in total. The smallest absolute Gasteiger partial charge is 0.0351 e. The molecule has 0 aliphatic heterocycles. The molecule has 0 saturated heterocycles. The lowest BCUT2D eigenvalue weighted by Crippen LogP contribution is -2.29. The highest BCUT2D eigenvalue weighted by Crippen LogP contribution is 2.35. The van der Waals surface area contributed by atoms with Crippen molar-refractivity contribution < 1.29 is 0 Å². The Bertz CT molecular complexity index is 389. The summed E-state index contributed by atoms with van der Waals surface area (Å²) in [5, 5.41) is 3.76. The third kappa shape index (κ3) is 3.82. The van der Waals surface area contributed by atoms with Crippen molar-refractivity contribution in [3.8, 4) is 0 Å². The molecule has 0 radical (unpaired) electrons. The SMILES string of the molecule is CCNC(c1cc(C)ccc1C)C1CCCCCC1. The third-order valence-corrected chi connectivity index (χ3v) is 4.57. The molecular weight excluding hydrogens is 230 g/mol. The minimum atomic E-state index is 0.558. The lowest BCUT2D eigenvalue weighted by molar-refractivity contribution is 0.329. The number of rotatable bonds is 4. The van der Waals surface area contributed by atoms with E-state index in [-0.39, 0.29) is 0 Å². The van der Waals surface area contributed by atoms with Crippen LogP contribution in [0.5, 0.6) is 0 Å². The monoisotopic (exact) mass is 259 g/mol. The second-order valence-electron chi connectivity index (χ2n) is 6.15. The summed E-state index contributed by atoms with van der Waals surface area (Å²) >= 11 is 0. The highest BCUT2D eigenvalue weighted by molar-refractivity contribution is 5.33. The molecule has 19 heavy (non-hydrogen) atoms. The van der Waals surface area contributed by atoms with Gasteiger partial charge in [-0.05, 0) is 50.3 Å². The zero-order valence-corrected chi connectivity index (χ0v) is 12.8. The molecule has 0 aromatic heterocycles. The van der Waals surface area contributed by atoms with Crippen LogP contribution in [0.3, 0.4) is 0 Å².